The Morgan fingerprint density at radius 3 is 2.75 bits per heavy atom. The summed E-state index contributed by atoms with van der Waals surface area (Å²) in [6.07, 6.45) is 0.226. The van der Waals surface area contributed by atoms with Gasteiger partial charge in [0.1, 0.15) is 16.6 Å². The van der Waals surface area contributed by atoms with E-state index in [0.29, 0.717) is 0 Å². The van der Waals surface area contributed by atoms with Crippen molar-refractivity contribution < 1.29 is 8.78 Å². The molecule has 1 heterocycles. The molecule has 2 nitrogen and oxygen atoms in total. The average Bonchev–Trinajstić information content (AvgIpc) is 2.87. The van der Waals surface area contributed by atoms with Gasteiger partial charge in [0.2, 0.25) is 0 Å². The molecule has 0 radical (unpaired) electrons. The van der Waals surface area contributed by atoms with Crippen molar-refractivity contribution in [3.05, 3.63) is 64.7 Å². The van der Waals surface area contributed by atoms with Crippen LogP contribution in [-0.2, 0) is 6.42 Å². The largest absolute Gasteiger partial charge is 0.322 e. The molecule has 0 aliphatic carbocycles. The van der Waals surface area contributed by atoms with Gasteiger partial charge in [-0.2, -0.15) is 0 Å². The maximum absolute atomic E-state index is 13.6. The van der Waals surface area contributed by atoms with E-state index in [-0.39, 0.29) is 12.0 Å². The van der Waals surface area contributed by atoms with Crippen molar-refractivity contribution in [1.82, 2.24) is 4.98 Å². The van der Waals surface area contributed by atoms with Crippen molar-refractivity contribution in [3.63, 3.8) is 0 Å². The van der Waals surface area contributed by atoms with Gasteiger partial charge >= 0.3 is 0 Å². The van der Waals surface area contributed by atoms with E-state index in [9.17, 15) is 8.78 Å². The second kappa shape index (κ2) is 5.26. The van der Waals surface area contributed by atoms with Gasteiger partial charge < -0.3 is 5.73 Å². The molecular weight excluding hydrogens is 278 g/mol. The van der Waals surface area contributed by atoms with E-state index >= 15 is 0 Å². The zero-order chi connectivity index (χ0) is 14.1. The smallest absolute Gasteiger partial charge is 0.126 e. The minimum absolute atomic E-state index is 0.226. The number of nitrogens with zero attached hydrogens (tertiary/aromatic N) is 1. The molecule has 20 heavy (non-hydrogen) atoms. The number of thiazole rings is 1. The zero-order valence-electron chi connectivity index (χ0n) is 10.5. The van der Waals surface area contributed by atoms with Crippen molar-refractivity contribution in [2.45, 2.75) is 12.5 Å². The topological polar surface area (TPSA) is 38.9 Å². The van der Waals surface area contributed by atoms with Crippen LogP contribution in [0.5, 0.6) is 0 Å². The number of hydrogen-bond donors (Lipinski definition) is 1. The number of rotatable bonds is 3. The maximum atomic E-state index is 13.6. The summed E-state index contributed by atoms with van der Waals surface area (Å²) in [7, 11) is 0. The number of hydrogen-bond acceptors (Lipinski definition) is 3. The van der Waals surface area contributed by atoms with Gasteiger partial charge in [-0.05, 0) is 42.3 Å². The van der Waals surface area contributed by atoms with Gasteiger partial charge in [-0.15, -0.1) is 11.3 Å². The van der Waals surface area contributed by atoms with E-state index in [2.05, 4.69) is 4.98 Å². The Morgan fingerprint density at radius 2 is 1.95 bits per heavy atom. The second-order valence-electron chi connectivity index (χ2n) is 4.57. The van der Waals surface area contributed by atoms with Crippen LogP contribution in [0.3, 0.4) is 0 Å². The summed E-state index contributed by atoms with van der Waals surface area (Å²) in [6, 6.07) is 10.7. The number of aromatic nitrogens is 1. The molecule has 0 aliphatic heterocycles. The standard InChI is InChI=1S/C15H12F2N2S/c16-10-5-6-11(17)9(7-10)8-12(18)15-19-13-3-1-2-4-14(13)20-15/h1-7,12H,8,18H2. The number of nitrogens with two attached hydrogens (primary N) is 1. The Morgan fingerprint density at radius 1 is 1.15 bits per heavy atom. The molecule has 1 unspecified atom stereocenters. The molecule has 5 heteroatoms. The lowest BCUT2D eigenvalue weighted by Crippen LogP contribution is -2.14. The minimum atomic E-state index is -0.460. The summed E-state index contributed by atoms with van der Waals surface area (Å²) in [5, 5.41) is 0.731. The van der Waals surface area contributed by atoms with E-state index in [1.807, 2.05) is 24.3 Å². The van der Waals surface area contributed by atoms with Gasteiger partial charge in [-0.3, -0.25) is 0 Å². The van der Waals surface area contributed by atoms with Gasteiger partial charge in [-0.1, -0.05) is 12.1 Å². The Labute approximate surface area is 118 Å². The first-order chi connectivity index (χ1) is 9.63. The molecule has 0 fully saturated rings. The first-order valence-electron chi connectivity index (χ1n) is 6.18. The lowest BCUT2D eigenvalue weighted by molar-refractivity contribution is 0.572. The van der Waals surface area contributed by atoms with Crippen LogP contribution in [-0.4, -0.2) is 4.98 Å². The first kappa shape index (κ1) is 13.1. The SMILES string of the molecule is NC(Cc1cc(F)ccc1F)c1nc2ccccc2s1. The molecule has 2 aromatic carbocycles. The van der Waals surface area contributed by atoms with Gasteiger partial charge in [0.05, 0.1) is 16.3 Å². The predicted octanol–water partition coefficient (Wildman–Crippen LogP) is 3.82. The van der Waals surface area contributed by atoms with Crippen LogP contribution in [0.1, 0.15) is 16.6 Å². The summed E-state index contributed by atoms with van der Waals surface area (Å²) in [5.41, 5.74) is 7.22. The normalized spacial score (nSPS) is 12.8. The fraction of sp³-hybridized carbons (Fsp3) is 0.133. The van der Waals surface area contributed by atoms with Crippen LogP contribution < -0.4 is 5.73 Å². The summed E-state index contributed by atoms with van der Waals surface area (Å²) < 4.78 is 27.8. The van der Waals surface area contributed by atoms with Crippen molar-refractivity contribution in [2.75, 3.05) is 0 Å². The third kappa shape index (κ3) is 2.55. The molecule has 0 aliphatic rings. The molecule has 0 amide bonds. The fourth-order valence-corrected chi connectivity index (χ4v) is 3.04. The van der Waals surface area contributed by atoms with Gasteiger partial charge in [0.15, 0.2) is 0 Å². The zero-order valence-corrected chi connectivity index (χ0v) is 11.3. The van der Waals surface area contributed by atoms with E-state index in [1.165, 1.54) is 17.4 Å². The molecule has 3 aromatic rings. The second-order valence-corrected chi connectivity index (χ2v) is 5.63. The summed E-state index contributed by atoms with van der Waals surface area (Å²) >= 11 is 1.48. The lowest BCUT2D eigenvalue weighted by atomic mass is 10.1. The van der Waals surface area contributed by atoms with Crippen molar-refractivity contribution in [2.24, 2.45) is 5.73 Å². The highest BCUT2D eigenvalue weighted by molar-refractivity contribution is 7.18. The van der Waals surface area contributed by atoms with Crippen LogP contribution in [0.15, 0.2) is 42.5 Å². The van der Waals surface area contributed by atoms with E-state index in [1.54, 1.807) is 0 Å². The highest BCUT2D eigenvalue weighted by Gasteiger charge is 2.15. The Bertz CT molecular complexity index is 721. The van der Waals surface area contributed by atoms with Crippen LogP contribution in [0, 0.1) is 11.6 Å². The van der Waals surface area contributed by atoms with Crippen LogP contribution in [0.4, 0.5) is 8.78 Å². The molecule has 2 N–H and O–H groups in total. The highest BCUT2D eigenvalue weighted by atomic mass is 32.1. The fourth-order valence-electron chi connectivity index (χ4n) is 2.07. The van der Waals surface area contributed by atoms with Crippen LogP contribution >= 0.6 is 11.3 Å². The molecule has 0 saturated heterocycles. The monoisotopic (exact) mass is 290 g/mol. The average molecular weight is 290 g/mol. The first-order valence-corrected chi connectivity index (χ1v) is 7.00. The summed E-state index contributed by atoms with van der Waals surface area (Å²) in [4.78, 5) is 4.44. The molecule has 0 spiro atoms. The lowest BCUT2D eigenvalue weighted by Gasteiger charge is -2.09. The summed E-state index contributed by atoms with van der Waals surface area (Å²) in [5.74, 6) is -0.902. The van der Waals surface area contributed by atoms with Crippen molar-refractivity contribution in [3.8, 4) is 0 Å². The third-order valence-electron chi connectivity index (χ3n) is 3.08. The van der Waals surface area contributed by atoms with Gasteiger partial charge in [0, 0.05) is 0 Å². The predicted molar refractivity (Wildman–Crippen MR) is 76.6 cm³/mol. The van der Waals surface area contributed by atoms with Crippen molar-refractivity contribution >= 4 is 21.6 Å². The molecule has 1 aromatic heterocycles. The molecule has 3 rings (SSSR count). The number of halogens is 2. The number of benzene rings is 2. The van der Waals surface area contributed by atoms with Gasteiger partial charge in [-0.25, -0.2) is 13.8 Å². The molecule has 0 saturated carbocycles. The maximum Gasteiger partial charge on any atom is 0.126 e. The Balaban J connectivity index is 1.88. The molecule has 0 bridgehead atoms. The van der Waals surface area contributed by atoms with E-state index in [0.717, 1.165) is 27.4 Å². The molecule has 102 valence electrons. The molecular formula is C15H12F2N2S. The third-order valence-corrected chi connectivity index (χ3v) is 4.24. The van der Waals surface area contributed by atoms with Crippen LogP contribution in [0.2, 0.25) is 0 Å². The summed E-state index contributed by atoms with van der Waals surface area (Å²) in [6.45, 7) is 0. The van der Waals surface area contributed by atoms with Crippen molar-refractivity contribution in [1.29, 1.82) is 0 Å². The highest BCUT2D eigenvalue weighted by Crippen LogP contribution is 2.27. The quantitative estimate of drug-likeness (QED) is 0.796. The van der Waals surface area contributed by atoms with E-state index in [4.69, 9.17) is 5.73 Å². The molecule has 1 atom stereocenters. The van der Waals surface area contributed by atoms with Gasteiger partial charge in [0.25, 0.3) is 0 Å². The Kier molecular flexibility index (Phi) is 3.46. The number of fused-ring (bicyclic) bond motifs is 1. The van der Waals surface area contributed by atoms with Crippen LogP contribution in [0.25, 0.3) is 10.2 Å². The number of para-hydroxylation sites is 1. The van der Waals surface area contributed by atoms with E-state index < -0.39 is 17.7 Å². The Hall–Kier alpha value is -1.85. The minimum Gasteiger partial charge on any atom is -0.322 e.